The van der Waals surface area contributed by atoms with E-state index in [1.807, 2.05) is 19.1 Å². The van der Waals surface area contributed by atoms with E-state index in [-0.39, 0.29) is 18.2 Å². The molecule has 0 fully saturated rings. The number of carbonyl (C=O) groups excluding carboxylic acids is 1. The summed E-state index contributed by atoms with van der Waals surface area (Å²) in [5.74, 6) is 0.713. The second-order valence-corrected chi connectivity index (χ2v) is 8.88. The molecule has 154 valence electrons. The zero-order valence-corrected chi connectivity index (χ0v) is 17.5. The topological polar surface area (TPSA) is 97.3 Å². The summed E-state index contributed by atoms with van der Waals surface area (Å²) in [6, 6.07) is 8.87. The Hall–Kier alpha value is -2.91. The minimum Gasteiger partial charge on any atom is -0.454 e. The molecule has 0 aromatic heterocycles. The van der Waals surface area contributed by atoms with E-state index in [9.17, 15) is 13.2 Å². The van der Waals surface area contributed by atoms with Crippen LogP contribution in [0, 0.1) is 20.8 Å². The highest BCUT2D eigenvalue weighted by Gasteiger charge is 2.26. The number of amides is 1. The van der Waals surface area contributed by atoms with Gasteiger partial charge in [-0.2, -0.15) is 9.41 Å². The third-order valence-electron chi connectivity index (χ3n) is 4.44. The Balaban J connectivity index is 1.64. The standard InChI is InChI=1S/C20H23N3O5S/c1-13-7-14(2)20(15(3)8-13)29(25,26)23(4)11-19(24)22-21-10-16-5-6-17-18(9-16)28-12-27-17/h5-10H,11-12H2,1-4H3,(H,22,24)/b21-10-. The number of aryl methyl sites for hydroxylation is 3. The van der Waals surface area contributed by atoms with Crippen molar-refractivity contribution in [1.29, 1.82) is 0 Å². The van der Waals surface area contributed by atoms with E-state index in [1.54, 1.807) is 32.0 Å². The Morgan fingerprint density at radius 2 is 1.79 bits per heavy atom. The lowest BCUT2D eigenvalue weighted by molar-refractivity contribution is -0.121. The van der Waals surface area contributed by atoms with Gasteiger partial charge in [-0.3, -0.25) is 4.79 Å². The predicted molar refractivity (Wildman–Crippen MR) is 109 cm³/mol. The average Bonchev–Trinajstić information content (AvgIpc) is 3.08. The summed E-state index contributed by atoms with van der Waals surface area (Å²) in [6.07, 6.45) is 1.45. The Morgan fingerprint density at radius 3 is 2.48 bits per heavy atom. The van der Waals surface area contributed by atoms with Gasteiger partial charge in [0.2, 0.25) is 16.8 Å². The minimum absolute atomic E-state index is 0.174. The summed E-state index contributed by atoms with van der Waals surface area (Å²) in [7, 11) is -2.44. The fourth-order valence-corrected chi connectivity index (χ4v) is 4.75. The van der Waals surface area contributed by atoms with E-state index in [2.05, 4.69) is 10.5 Å². The number of hydrogen-bond acceptors (Lipinski definition) is 6. The van der Waals surface area contributed by atoms with Crippen molar-refractivity contribution in [3.63, 3.8) is 0 Å². The first-order valence-electron chi connectivity index (χ1n) is 8.94. The van der Waals surface area contributed by atoms with Crippen LogP contribution in [0.15, 0.2) is 40.3 Å². The van der Waals surface area contributed by atoms with Gasteiger partial charge in [-0.05, 0) is 55.7 Å². The Labute approximate surface area is 170 Å². The molecule has 8 nitrogen and oxygen atoms in total. The fraction of sp³-hybridized carbons (Fsp3) is 0.300. The maximum atomic E-state index is 12.9. The molecule has 3 rings (SSSR count). The number of hydrogen-bond donors (Lipinski definition) is 1. The van der Waals surface area contributed by atoms with E-state index < -0.39 is 15.9 Å². The minimum atomic E-state index is -3.81. The Kier molecular flexibility index (Phi) is 5.90. The predicted octanol–water partition coefficient (Wildman–Crippen LogP) is 2.11. The molecule has 1 aliphatic rings. The highest BCUT2D eigenvalue weighted by atomic mass is 32.2. The summed E-state index contributed by atoms with van der Waals surface area (Å²) in [4.78, 5) is 12.4. The van der Waals surface area contributed by atoms with Gasteiger partial charge >= 0.3 is 0 Å². The molecule has 0 unspecified atom stereocenters. The van der Waals surface area contributed by atoms with Crippen molar-refractivity contribution in [2.24, 2.45) is 5.10 Å². The molecule has 2 aromatic carbocycles. The first kappa shape index (κ1) is 20.8. The molecule has 0 aliphatic carbocycles. The zero-order chi connectivity index (χ0) is 21.2. The van der Waals surface area contributed by atoms with Crippen LogP contribution in [-0.4, -0.2) is 45.2 Å². The number of fused-ring (bicyclic) bond motifs is 1. The van der Waals surface area contributed by atoms with Crippen molar-refractivity contribution >= 4 is 22.1 Å². The van der Waals surface area contributed by atoms with Crippen molar-refractivity contribution in [2.75, 3.05) is 20.4 Å². The Morgan fingerprint density at radius 1 is 1.14 bits per heavy atom. The molecular weight excluding hydrogens is 394 g/mol. The monoisotopic (exact) mass is 417 g/mol. The number of sulfonamides is 1. The van der Waals surface area contributed by atoms with Gasteiger partial charge in [-0.1, -0.05) is 17.7 Å². The van der Waals surface area contributed by atoms with Crippen molar-refractivity contribution in [2.45, 2.75) is 25.7 Å². The Bertz CT molecular complexity index is 1060. The number of rotatable bonds is 6. The van der Waals surface area contributed by atoms with E-state index in [1.165, 1.54) is 13.3 Å². The van der Waals surface area contributed by atoms with Crippen molar-refractivity contribution < 1.29 is 22.7 Å². The van der Waals surface area contributed by atoms with E-state index >= 15 is 0 Å². The van der Waals surface area contributed by atoms with Gasteiger partial charge in [0.05, 0.1) is 17.7 Å². The average molecular weight is 417 g/mol. The second kappa shape index (κ2) is 8.22. The van der Waals surface area contributed by atoms with Gasteiger partial charge < -0.3 is 9.47 Å². The lowest BCUT2D eigenvalue weighted by Gasteiger charge is -2.19. The van der Waals surface area contributed by atoms with Gasteiger partial charge in [-0.25, -0.2) is 13.8 Å². The van der Waals surface area contributed by atoms with Crippen LogP contribution < -0.4 is 14.9 Å². The van der Waals surface area contributed by atoms with Crippen LogP contribution in [-0.2, 0) is 14.8 Å². The molecule has 1 heterocycles. The van der Waals surface area contributed by atoms with Crippen molar-refractivity contribution in [1.82, 2.24) is 9.73 Å². The van der Waals surface area contributed by atoms with Crippen LogP contribution >= 0.6 is 0 Å². The molecule has 1 aliphatic heterocycles. The van der Waals surface area contributed by atoms with Crippen LogP contribution in [0.4, 0.5) is 0 Å². The number of benzene rings is 2. The van der Waals surface area contributed by atoms with Crippen molar-refractivity contribution in [3.05, 3.63) is 52.6 Å². The lowest BCUT2D eigenvalue weighted by Crippen LogP contribution is -2.37. The summed E-state index contributed by atoms with van der Waals surface area (Å²) in [5.41, 5.74) is 5.33. The fourth-order valence-electron chi connectivity index (χ4n) is 3.22. The highest BCUT2D eigenvalue weighted by molar-refractivity contribution is 7.89. The van der Waals surface area contributed by atoms with Crippen LogP contribution in [0.2, 0.25) is 0 Å². The molecule has 0 radical (unpaired) electrons. The summed E-state index contributed by atoms with van der Waals surface area (Å²) in [6.45, 7) is 5.22. The molecule has 1 amide bonds. The number of nitrogens with zero attached hydrogens (tertiary/aromatic N) is 2. The van der Waals surface area contributed by atoms with E-state index in [0.29, 0.717) is 28.2 Å². The lowest BCUT2D eigenvalue weighted by atomic mass is 10.1. The number of ether oxygens (including phenoxy) is 2. The van der Waals surface area contributed by atoms with Crippen LogP contribution in [0.25, 0.3) is 0 Å². The number of nitrogens with one attached hydrogen (secondary N) is 1. The van der Waals surface area contributed by atoms with Gasteiger partial charge in [0.15, 0.2) is 11.5 Å². The smallest absolute Gasteiger partial charge is 0.255 e. The van der Waals surface area contributed by atoms with E-state index in [4.69, 9.17) is 9.47 Å². The van der Waals surface area contributed by atoms with E-state index in [0.717, 1.165) is 9.87 Å². The second-order valence-electron chi connectivity index (χ2n) is 6.89. The first-order chi connectivity index (χ1) is 13.7. The quantitative estimate of drug-likeness (QED) is 0.574. The summed E-state index contributed by atoms with van der Waals surface area (Å²) < 4.78 is 37.3. The third-order valence-corrected chi connectivity index (χ3v) is 6.55. The van der Waals surface area contributed by atoms with Crippen molar-refractivity contribution in [3.8, 4) is 11.5 Å². The molecule has 1 N–H and O–H groups in total. The maximum absolute atomic E-state index is 12.9. The molecule has 0 saturated heterocycles. The number of carbonyl (C=O) groups is 1. The molecular formula is C20H23N3O5S. The van der Waals surface area contributed by atoms with Crippen LogP contribution in [0.3, 0.4) is 0 Å². The summed E-state index contributed by atoms with van der Waals surface area (Å²) in [5, 5.41) is 3.88. The molecule has 0 bridgehead atoms. The third kappa shape index (κ3) is 4.57. The van der Waals surface area contributed by atoms with Gasteiger partial charge in [0.1, 0.15) is 0 Å². The molecule has 2 aromatic rings. The number of hydrazone groups is 1. The normalized spacial score (nSPS) is 13.3. The molecule has 9 heteroatoms. The van der Waals surface area contributed by atoms with Crippen LogP contribution in [0.1, 0.15) is 22.3 Å². The molecule has 0 saturated carbocycles. The molecule has 0 atom stereocenters. The van der Waals surface area contributed by atoms with Gasteiger partial charge in [0, 0.05) is 7.05 Å². The largest absolute Gasteiger partial charge is 0.454 e. The SMILES string of the molecule is Cc1cc(C)c(S(=O)(=O)N(C)CC(=O)N/N=C\c2ccc3c(c2)OCO3)c(C)c1. The molecule has 29 heavy (non-hydrogen) atoms. The van der Waals surface area contributed by atoms with Gasteiger partial charge in [0.25, 0.3) is 5.91 Å². The molecule has 0 spiro atoms. The van der Waals surface area contributed by atoms with Crippen LogP contribution in [0.5, 0.6) is 11.5 Å². The van der Waals surface area contributed by atoms with Gasteiger partial charge in [-0.15, -0.1) is 0 Å². The highest BCUT2D eigenvalue weighted by Crippen LogP contribution is 2.32. The summed E-state index contributed by atoms with van der Waals surface area (Å²) >= 11 is 0. The maximum Gasteiger partial charge on any atom is 0.255 e. The first-order valence-corrected chi connectivity index (χ1v) is 10.4. The number of likely N-dealkylation sites (N-methyl/N-ethyl adjacent to an activating group) is 1. The zero-order valence-electron chi connectivity index (χ0n) is 16.7.